The van der Waals surface area contributed by atoms with Crippen LogP contribution in [0.3, 0.4) is 0 Å². The lowest BCUT2D eigenvalue weighted by molar-refractivity contribution is -0.137. The number of urea groups is 1. The number of alkyl halides is 3. The van der Waals surface area contributed by atoms with E-state index in [0.717, 1.165) is 22.7 Å². The highest BCUT2D eigenvalue weighted by Gasteiger charge is 2.34. The fourth-order valence-electron chi connectivity index (χ4n) is 3.60. The van der Waals surface area contributed by atoms with Crippen LogP contribution in [-0.2, 0) is 16.2 Å². The molecule has 0 bridgehead atoms. The van der Waals surface area contributed by atoms with Gasteiger partial charge in [-0.3, -0.25) is 0 Å². The molecule has 1 N–H and O–H groups in total. The van der Waals surface area contributed by atoms with Gasteiger partial charge in [-0.15, -0.1) is 12.4 Å². The first-order valence-corrected chi connectivity index (χ1v) is 11.7. The maximum absolute atomic E-state index is 12.8. The minimum absolute atomic E-state index is 0. The normalized spacial score (nSPS) is 15.4. The minimum Gasteiger partial charge on any atom is -0.246 e. The van der Waals surface area contributed by atoms with Gasteiger partial charge in [0.25, 0.3) is 10.0 Å². The number of nitrogens with one attached hydrogen (secondary N) is 1. The minimum atomic E-state index is -4.62. The van der Waals surface area contributed by atoms with Gasteiger partial charge >= 0.3 is 12.2 Å². The fourth-order valence-corrected chi connectivity index (χ4v) is 4.55. The molecule has 36 heavy (non-hydrogen) atoms. The molecule has 2 amide bonds. The monoisotopic (exact) mass is 534 g/mol. The number of carbonyl (C=O) groups excluding carboxylic acids is 1. The van der Waals surface area contributed by atoms with Gasteiger partial charge in [-0.05, 0) is 47.5 Å². The number of sulfonamides is 1. The number of hydrogen-bond donors (Lipinski definition) is 1. The van der Waals surface area contributed by atoms with Crippen LogP contribution in [0.15, 0.2) is 88.9 Å². The lowest BCUT2D eigenvalue weighted by Gasteiger charge is -2.16. The van der Waals surface area contributed by atoms with Crippen molar-refractivity contribution in [1.82, 2.24) is 9.73 Å². The van der Waals surface area contributed by atoms with Gasteiger partial charge in [0, 0.05) is 5.92 Å². The fraction of sp³-hybridized carbons (Fsp3) is 0.125. The maximum atomic E-state index is 12.8. The van der Waals surface area contributed by atoms with E-state index in [4.69, 9.17) is 5.26 Å². The zero-order valence-corrected chi connectivity index (χ0v) is 19.9. The first-order chi connectivity index (χ1) is 16.6. The third kappa shape index (κ3) is 5.67. The summed E-state index contributed by atoms with van der Waals surface area (Å²) < 4.78 is 65.4. The Morgan fingerprint density at radius 1 is 1.00 bits per heavy atom. The molecule has 3 aromatic rings. The van der Waals surface area contributed by atoms with E-state index < -0.39 is 32.7 Å². The molecule has 3 aromatic carbocycles. The molecule has 0 unspecified atom stereocenters. The van der Waals surface area contributed by atoms with Gasteiger partial charge in [0.15, 0.2) is 0 Å². The average Bonchev–Trinajstić information content (AvgIpc) is 3.30. The molecule has 0 aromatic heterocycles. The molecule has 0 radical (unpaired) electrons. The van der Waals surface area contributed by atoms with Crippen molar-refractivity contribution < 1.29 is 26.4 Å². The molecular weight excluding hydrogens is 517 g/mol. The lowest BCUT2D eigenvalue weighted by atomic mass is 9.90. The van der Waals surface area contributed by atoms with Crippen LogP contribution in [-0.4, -0.2) is 31.7 Å². The van der Waals surface area contributed by atoms with E-state index in [1.54, 1.807) is 24.3 Å². The third-order valence-corrected chi connectivity index (χ3v) is 6.71. The molecule has 4 rings (SSSR count). The highest BCUT2D eigenvalue weighted by atomic mass is 35.5. The molecule has 0 fully saturated rings. The molecule has 7 nitrogen and oxygen atoms in total. The van der Waals surface area contributed by atoms with E-state index in [-0.39, 0.29) is 24.9 Å². The van der Waals surface area contributed by atoms with Crippen LogP contribution >= 0.6 is 12.4 Å². The van der Waals surface area contributed by atoms with Crippen LogP contribution in [0, 0.1) is 11.3 Å². The number of rotatable bonds is 4. The Morgan fingerprint density at radius 2 is 1.61 bits per heavy atom. The van der Waals surface area contributed by atoms with Crippen molar-refractivity contribution in [2.45, 2.75) is 17.0 Å². The van der Waals surface area contributed by atoms with E-state index in [1.807, 2.05) is 41.1 Å². The lowest BCUT2D eigenvalue weighted by Crippen LogP contribution is -2.39. The topological polar surface area (TPSA) is 103 Å². The van der Waals surface area contributed by atoms with E-state index in [2.05, 4.69) is 5.10 Å². The van der Waals surface area contributed by atoms with Crippen LogP contribution < -0.4 is 4.72 Å². The quantitative estimate of drug-likeness (QED) is 0.514. The summed E-state index contributed by atoms with van der Waals surface area (Å²) in [5.74, 6) is -0.372. The molecule has 12 heteroatoms. The SMILES string of the molecule is Cl.N#Cc1ccc(C2=NN(C(=O)NS(=O)(=O)c3ccc(C(F)(F)F)cc3)C[C@H]2c2ccccc2)cc1. The maximum Gasteiger partial charge on any atom is 0.416 e. The first-order valence-electron chi connectivity index (χ1n) is 10.2. The van der Waals surface area contributed by atoms with E-state index in [0.29, 0.717) is 29.0 Å². The standard InChI is InChI=1S/C24H17F3N4O3S.ClH/c25-24(26,27)19-10-12-20(13-11-19)35(33,34)30-23(32)31-15-21(17-4-2-1-3-5-17)22(29-31)18-8-6-16(14-28)7-9-18;/h1-13,21H,15H2,(H,30,32);1H/t21-;/m0./s1. The summed E-state index contributed by atoms with van der Waals surface area (Å²) in [5, 5.41) is 14.3. The smallest absolute Gasteiger partial charge is 0.246 e. The number of hydrogen-bond acceptors (Lipinski definition) is 5. The van der Waals surface area contributed by atoms with Crippen molar-refractivity contribution in [1.29, 1.82) is 5.26 Å². The predicted molar refractivity (Wildman–Crippen MR) is 128 cm³/mol. The van der Waals surface area contributed by atoms with Gasteiger partial charge in [0.05, 0.1) is 34.3 Å². The second-order valence-corrected chi connectivity index (χ2v) is 9.33. The van der Waals surface area contributed by atoms with Gasteiger partial charge in [-0.2, -0.15) is 23.5 Å². The van der Waals surface area contributed by atoms with Gasteiger partial charge in [0.2, 0.25) is 0 Å². The van der Waals surface area contributed by atoms with Crippen molar-refractivity contribution in [2.24, 2.45) is 5.10 Å². The van der Waals surface area contributed by atoms with E-state index in [1.165, 1.54) is 0 Å². The van der Waals surface area contributed by atoms with Crippen LogP contribution in [0.1, 0.15) is 28.2 Å². The summed E-state index contributed by atoms with van der Waals surface area (Å²) in [7, 11) is -4.45. The Labute approximate surface area is 211 Å². The predicted octanol–water partition coefficient (Wildman–Crippen LogP) is 4.90. The molecule has 1 heterocycles. The van der Waals surface area contributed by atoms with Crippen molar-refractivity contribution in [3.63, 3.8) is 0 Å². The summed E-state index contributed by atoms with van der Waals surface area (Å²) >= 11 is 0. The van der Waals surface area contributed by atoms with Crippen molar-refractivity contribution in [3.05, 3.63) is 101 Å². The van der Waals surface area contributed by atoms with E-state index in [9.17, 15) is 26.4 Å². The zero-order valence-electron chi connectivity index (χ0n) is 18.3. The van der Waals surface area contributed by atoms with Crippen LogP contribution in [0.4, 0.5) is 18.0 Å². The molecule has 0 saturated carbocycles. The molecule has 1 aliphatic heterocycles. The van der Waals surface area contributed by atoms with Crippen LogP contribution in [0.25, 0.3) is 0 Å². The molecule has 0 saturated heterocycles. The second-order valence-electron chi connectivity index (χ2n) is 7.65. The number of nitriles is 1. The Hall–Kier alpha value is -3.88. The summed E-state index contributed by atoms with van der Waals surface area (Å²) in [6, 6.07) is 19.6. The number of hydrazone groups is 1. The Morgan fingerprint density at radius 3 is 2.17 bits per heavy atom. The van der Waals surface area contributed by atoms with Crippen LogP contribution in [0.2, 0.25) is 0 Å². The molecule has 0 spiro atoms. The highest BCUT2D eigenvalue weighted by Crippen LogP contribution is 2.31. The number of carbonyl (C=O) groups is 1. The van der Waals surface area contributed by atoms with Gasteiger partial charge < -0.3 is 0 Å². The van der Waals surface area contributed by atoms with Crippen molar-refractivity contribution in [3.8, 4) is 6.07 Å². The molecule has 0 aliphatic carbocycles. The summed E-state index contributed by atoms with van der Waals surface area (Å²) in [4.78, 5) is 12.3. The first kappa shape index (κ1) is 26.7. The van der Waals surface area contributed by atoms with Crippen molar-refractivity contribution in [2.75, 3.05) is 6.54 Å². The highest BCUT2D eigenvalue weighted by molar-refractivity contribution is 7.90. The Bertz CT molecular complexity index is 1420. The number of nitrogens with zero attached hydrogens (tertiary/aromatic N) is 3. The average molecular weight is 535 g/mol. The Kier molecular flexibility index (Phi) is 7.71. The number of amides is 2. The third-order valence-electron chi connectivity index (χ3n) is 5.37. The van der Waals surface area contributed by atoms with Crippen LogP contribution in [0.5, 0.6) is 0 Å². The second kappa shape index (κ2) is 10.4. The summed E-state index contributed by atoms with van der Waals surface area (Å²) in [6.07, 6.45) is -4.62. The van der Waals surface area contributed by atoms with Crippen molar-refractivity contribution >= 4 is 34.2 Å². The van der Waals surface area contributed by atoms with Gasteiger partial charge in [0.1, 0.15) is 0 Å². The number of benzene rings is 3. The summed E-state index contributed by atoms with van der Waals surface area (Å²) in [6.45, 7) is 0.0354. The molecule has 1 aliphatic rings. The van der Waals surface area contributed by atoms with Gasteiger partial charge in [-0.1, -0.05) is 42.5 Å². The molecular formula is C24H18ClF3N4O3S. The molecule has 186 valence electrons. The number of halogens is 4. The summed E-state index contributed by atoms with van der Waals surface area (Å²) in [5.41, 5.74) is 1.43. The van der Waals surface area contributed by atoms with E-state index >= 15 is 0 Å². The zero-order chi connectivity index (χ0) is 25.2. The van der Waals surface area contributed by atoms with Gasteiger partial charge in [-0.25, -0.2) is 22.9 Å². The largest absolute Gasteiger partial charge is 0.416 e. The molecule has 1 atom stereocenters. The Balaban J connectivity index is 0.00000361.